The SMILES string of the molecule is NS(=O)(=O)C1=CCCONC1. The Kier molecular flexibility index (Phi) is 2.61. The first kappa shape index (κ1) is 8.66. The number of hydroxylamine groups is 1. The van der Waals surface area contributed by atoms with Gasteiger partial charge in [0.1, 0.15) is 0 Å². The fourth-order valence-corrected chi connectivity index (χ4v) is 1.37. The molecular formula is C5H10N2O3S. The van der Waals surface area contributed by atoms with E-state index in [1.54, 1.807) is 6.08 Å². The van der Waals surface area contributed by atoms with E-state index >= 15 is 0 Å². The molecule has 0 spiro atoms. The van der Waals surface area contributed by atoms with Gasteiger partial charge in [0.15, 0.2) is 0 Å². The zero-order valence-electron chi connectivity index (χ0n) is 5.91. The molecule has 0 fully saturated rings. The molecule has 0 amide bonds. The maximum atomic E-state index is 10.8. The Morgan fingerprint density at radius 2 is 2.36 bits per heavy atom. The van der Waals surface area contributed by atoms with E-state index in [1.807, 2.05) is 0 Å². The summed E-state index contributed by atoms with van der Waals surface area (Å²) < 4.78 is 21.5. The van der Waals surface area contributed by atoms with Crippen LogP contribution in [-0.4, -0.2) is 21.6 Å². The molecule has 0 aliphatic carbocycles. The summed E-state index contributed by atoms with van der Waals surface area (Å²) in [5, 5.41) is 4.89. The van der Waals surface area contributed by atoms with Crippen LogP contribution in [0.4, 0.5) is 0 Å². The largest absolute Gasteiger partial charge is 0.301 e. The standard InChI is InChI=1S/C5H10N2O3S/c6-11(8,9)5-2-1-3-10-7-4-5/h2,7H,1,3-4H2,(H2,6,8,9). The third kappa shape index (κ3) is 2.58. The van der Waals surface area contributed by atoms with Crippen LogP contribution in [0.2, 0.25) is 0 Å². The molecular weight excluding hydrogens is 168 g/mol. The highest BCUT2D eigenvalue weighted by molar-refractivity contribution is 7.93. The lowest BCUT2D eigenvalue weighted by atomic mass is 10.4. The van der Waals surface area contributed by atoms with Crippen LogP contribution in [0.5, 0.6) is 0 Å². The minimum atomic E-state index is -3.53. The highest BCUT2D eigenvalue weighted by atomic mass is 32.2. The highest BCUT2D eigenvalue weighted by Gasteiger charge is 2.12. The Balaban J connectivity index is 2.77. The second-order valence-electron chi connectivity index (χ2n) is 2.17. The number of primary sulfonamides is 1. The number of hydrogen-bond donors (Lipinski definition) is 2. The Hall–Kier alpha value is -0.430. The van der Waals surface area contributed by atoms with Crippen LogP contribution in [0, 0.1) is 0 Å². The number of hydrogen-bond acceptors (Lipinski definition) is 4. The van der Waals surface area contributed by atoms with Gasteiger partial charge in [-0.3, -0.25) is 0 Å². The van der Waals surface area contributed by atoms with Gasteiger partial charge >= 0.3 is 0 Å². The van der Waals surface area contributed by atoms with E-state index in [2.05, 4.69) is 5.48 Å². The second kappa shape index (κ2) is 3.31. The van der Waals surface area contributed by atoms with Gasteiger partial charge in [-0.15, -0.1) is 0 Å². The van der Waals surface area contributed by atoms with Crippen LogP contribution in [0.15, 0.2) is 11.0 Å². The third-order valence-corrected chi connectivity index (χ3v) is 2.35. The molecule has 1 aliphatic rings. The van der Waals surface area contributed by atoms with Crippen molar-refractivity contribution in [1.29, 1.82) is 0 Å². The lowest BCUT2D eigenvalue weighted by Gasteiger charge is -2.01. The van der Waals surface area contributed by atoms with Crippen molar-refractivity contribution >= 4 is 10.0 Å². The summed E-state index contributed by atoms with van der Waals surface area (Å²) >= 11 is 0. The molecule has 0 bridgehead atoms. The average Bonchev–Trinajstić information content (AvgIpc) is 2.10. The van der Waals surface area contributed by atoms with Gasteiger partial charge in [0.05, 0.1) is 18.1 Å². The zero-order chi connectivity index (χ0) is 8.32. The van der Waals surface area contributed by atoms with Crippen molar-refractivity contribution < 1.29 is 13.3 Å². The summed E-state index contributed by atoms with van der Waals surface area (Å²) in [6, 6.07) is 0. The van der Waals surface area contributed by atoms with Crippen molar-refractivity contribution in [3.05, 3.63) is 11.0 Å². The molecule has 0 radical (unpaired) electrons. The minimum absolute atomic E-state index is 0.152. The summed E-state index contributed by atoms with van der Waals surface area (Å²) in [6.45, 7) is 0.623. The van der Waals surface area contributed by atoms with Crippen molar-refractivity contribution in [3.8, 4) is 0 Å². The van der Waals surface area contributed by atoms with Gasteiger partial charge in [-0.2, -0.15) is 5.48 Å². The van der Waals surface area contributed by atoms with Gasteiger partial charge < -0.3 is 4.84 Å². The van der Waals surface area contributed by atoms with Crippen molar-refractivity contribution in [3.63, 3.8) is 0 Å². The Bertz CT molecular complexity index is 257. The normalized spacial score (nSPS) is 20.6. The molecule has 1 heterocycles. The number of nitrogens with one attached hydrogen (secondary N) is 1. The molecule has 5 nitrogen and oxygen atoms in total. The quantitative estimate of drug-likeness (QED) is 0.544. The average molecular weight is 178 g/mol. The summed E-state index contributed by atoms with van der Waals surface area (Å²) in [4.78, 5) is 4.99. The maximum Gasteiger partial charge on any atom is 0.235 e. The molecule has 0 aromatic rings. The van der Waals surface area contributed by atoms with Crippen molar-refractivity contribution in [1.82, 2.24) is 5.48 Å². The predicted octanol–water partition coefficient (Wildman–Crippen LogP) is -0.916. The first-order valence-corrected chi connectivity index (χ1v) is 4.72. The summed E-state index contributed by atoms with van der Waals surface area (Å²) in [5.74, 6) is 0. The van der Waals surface area contributed by atoms with Gasteiger partial charge in [0.25, 0.3) is 0 Å². The predicted molar refractivity (Wildman–Crippen MR) is 39.8 cm³/mol. The van der Waals surface area contributed by atoms with Gasteiger partial charge in [0.2, 0.25) is 10.0 Å². The minimum Gasteiger partial charge on any atom is -0.301 e. The van der Waals surface area contributed by atoms with E-state index < -0.39 is 10.0 Å². The molecule has 64 valence electrons. The summed E-state index contributed by atoms with van der Waals surface area (Å²) in [6.07, 6.45) is 2.13. The molecule has 0 saturated heterocycles. The van der Waals surface area contributed by atoms with Crippen LogP contribution < -0.4 is 10.6 Å². The Morgan fingerprint density at radius 1 is 1.64 bits per heavy atom. The Labute approximate surface area is 65.2 Å². The summed E-state index contributed by atoms with van der Waals surface area (Å²) in [5.41, 5.74) is 2.48. The first-order valence-electron chi connectivity index (χ1n) is 3.17. The van der Waals surface area contributed by atoms with E-state index in [-0.39, 0.29) is 11.4 Å². The van der Waals surface area contributed by atoms with Crippen molar-refractivity contribution in [2.24, 2.45) is 5.14 Å². The van der Waals surface area contributed by atoms with Crippen LogP contribution >= 0.6 is 0 Å². The molecule has 0 aromatic heterocycles. The fourth-order valence-electron chi connectivity index (χ4n) is 0.762. The lowest BCUT2D eigenvalue weighted by molar-refractivity contribution is 0.0552. The van der Waals surface area contributed by atoms with Crippen LogP contribution in [0.1, 0.15) is 6.42 Å². The van der Waals surface area contributed by atoms with Gasteiger partial charge in [-0.25, -0.2) is 13.6 Å². The third-order valence-electron chi connectivity index (χ3n) is 1.31. The molecule has 3 N–H and O–H groups in total. The molecule has 1 rings (SSSR count). The van der Waals surface area contributed by atoms with E-state index in [9.17, 15) is 8.42 Å². The molecule has 6 heteroatoms. The molecule has 1 aliphatic heterocycles. The number of sulfonamides is 1. The van der Waals surface area contributed by atoms with Crippen LogP contribution in [0.3, 0.4) is 0 Å². The van der Waals surface area contributed by atoms with E-state index in [1.165, 1.54) is 0 Å². The van der Waals surface area contributed by atoms with Gasteiger partial charge in [-0.05, 0) is 6.42 Å². The van der Waals surface area contributed by atoms with Crippen molar-refractivity contribution in [2.75, 3.05) is 13.2 Å². The Morgan fingerprint density at radius 3 is 3.00 bits per heavy atom. The zero-order valence-corrected chi connectivity index (χ0v) is 6.73. The van der Waals surface area contributed by atoms with E-state index in [4.69, 9.17) is 9.98 Å². The smallest absolute Gasteiger partial charge is 0.235 e. The van der Waals surface area contributed by atoms with Crippen molar-refractivity contribution in [2.45, 2.75) is 6.42 Å². The van der Waals surface area contributed by atoms with Crippen LogP contribution in [0.25, 0.3) is 0 Å². The van der Waals surface area contributed by atoms with Crippen LogP contribution in [-0.2, 0) is 14.9 Å². The molecule has 0 atom stereocenters. The molecule has 11 heavy (non-hydrogen) atoms. The van der Waals surface area contributed by atoms with Gasteiger partial charge in [0, 0.05) is 0 Å². The highest BCUT2D eigenvalue weighted by Crippen LogP contribution is 2.04. The summed E-state index contributed by atoms with van der Waals surface area (Å²) in [7, 11) is -3.53. The monoisotopic (exact) mass is 178 g/mol. The maximum absolute atomic E-state index is 10.8. The second-order valence-corrected chi connectivity index (χ2v) is 3.79. The van der Waals surface area contributed by atoms with E-state index in [0.29, 0.717) is 13.0 Å². The number of nitrogens with two attached hydrogens (primary N) is 1. The molecule has 0 unspecified atom stereocenters. The topological polar surface area (TPSA) is 81.4 Å². The number of rotatable bonds is 1. The molecule has 0 aromatic carbocycles. The lowest BCUT2D eigenvalue weighted by Crippen LogP contribution is -2.23. The fraction of sp³-hybridized carbons (Fsp3) is 0.600. The molecule has 0 saturated carbocycles. The first-order chi connectivity index (χ1) is 5.11. The van der Waals surface area contributed by atoms with Gasteiger partial charge in [-0.1, -0.05) is 6.08 Å². The van der Waals surface area contributed by atoms with E-state index in [0.717, 1.165) is 0 Å².